The molecule has 0 bridgehead atoms. The molecule has 0 unspecified atom stereocenters. The third kappa shape index (κ3) is 9.48. The molecule has 0 radical (unpaired) electrons. The van der Waals surface area contributed by atoms with Crippen molar-refractivity contribution in [1.29, 1.82) is 0 Å². The molecule has 0 spiro atoms. The lowest BCUT2D eigenvalue weighted by Gasteiger charge is -2.33. The number of amides is 1. The number of nitrogens with one attached hydrogen (secondary N) is 2. The summed E-state index contributed by atoms with van der Waals surface area (Å²) >= 11 is 0. The molecule has 0 saturated carbocycles. The highest BCUT2D eigenvalue weighted by molar-refractivity contribution is 14.0. The van der Waals surface area contributed by atoms with E-state index in [-0.39, 0.29) is 36.4 Å². The van der Waals surface area contributed by atoms with Crippen LogP contribution in [0.3, 0.4) is 0 Å². The van der Waals surface area contributed by atoms with Crippen molar-refractivity contribution in [1.82, 2.24) is 20.4 Å². The first-order valence-corrected chi connectivity index (χ1v) is 10.1. The van der Waals surface area contributed by atoms with Gasteiger partial charge in [-0.1, -0.05) is 12.1 Å². The van der Waals surface area contributed by atoms with E-state index in [0.717, 1.165) is 50.4 Å². The van der Waals surface area contributed by atoms with Gasteiger partial charge in [0.05, 0.1) is 26.8 Å². The van der Waals surface area contributed by atoms with Gasteiger partial charge in [-0.25, -0.2) is 4.99 Å². The number of hydrogen-bond donors (Lipinski definition) is 2. The van der Waals surface area contributed by atoms with Crippen molar-refractivity contribution >= 4 is 35.8 Å². The summed E-state index contributed by atoms with van der Waals surface area (Å²) in [4.78, 5) is 20.7. The molecule has 8 nitrogen and oxygen atoms in total. The lowest BCUT2D eigenvalue weighted by Crippen LogP contribution is -2.50. The largest absolute Gasteiger partial charge is 0.497 e. The zero-order valence-corrected chi connectivity index (χ0v) is 20.8. The molecule has 30 heavy (non-hydrogen) atoms. The number of methoxy groups -OCH3 is 2. The van der Waals surface area contributed by atoms with E-state index in [1.807, 2.05) is 24.3 Å². The number of carbonyl (C=O) groups is 1. The molecule has 1 heterocycles. The summed E-state index contributed by atoms with van der Waals surface area (Å²) in [5.74, 6) is 1.51. The zero-order chi connectivity index (χ0) is 21.1. The average Bonchev–Trinajstić information content (AvgIpc) is 2.75. The van der Waals surface area contributed by atoms with Gasteiger partial charge in [-0.05, 0) is 30.5 Å². The second-order valence-electron chi connectivity index (χ2n) is 7.41. The zero-order valence-electron chi connectivity index (χ0n) is 18.5. The maximum atomic E-state index is 12.0. The van der Waals surface area contributed by atoms with Crippen LogP contribution in [0.15, 0.2) is 29.3 Å². The second kappa shape index (κ2) is 14.4. The highest BCUT2D eigenvalue weighted by Crippen LogP contribution is 2.12. The van der Waals surface area contributed by atoms with E-state index in [1.54, 1.807) is 33.2 Å². The smallest absolute Gasteiger partial charge is 0.241 e. The molecule has 1 aliphatic rings. The van der Waals surface area contributed by atoms with Crippen LogP contribution in [0.2, 0.25) is 0 Å². The van der Waals surface area contributed by atoms with Gasteiger partial charge in [0.25, 0.3) is 0 Å². The molecule has 1 fully saturated rings. The van der Waals surface area contributed by atoms with Crippen molar-refractivity contribution in [3.8, 4) is 5.75 Å². The number of rotatable bonds is 9. The van der Waals surface area contributed by atoms with Crippen LogP contribution in [0.1, 0.15) is 18.4 Å². The lowest BCUT2D eigenvalue weighted by molar-refractivity contribution is -0.127. The summed E-state index contributed by atoms with van der Waals surface area (Å²) in [6.07, 6.45) is 2.07. The fourth-order valence-electron chi connectivity index (χ4n) is 3.09. The van der Waals surface area contributed by atoms with Crippen LogP contribution in [-0.2, 0) is 16.1 Å². The molecule has 0 atom stereocenters. The van der Waals surface area contributed by atoms with Gasteiger partial charge in [0, 0.05) is 46.9 Å². The highest BCUT2D eigenvalue weighted by atomic mass is 127. The van der Waals surface area contributed by atoms with Crippen LogP contribution in [-0.4, -0.2) is 88.8 Å². The van der Waals surface area contributed by atoms with Crippen molar-refractivity contribution < 1.29 is 14.3 Å². The summed E-state index contributed by atoms with van der Waals surface area (Å²) in [5, 5.41) is 6.68. The molecule has 9 heteroatoms. The van der Waals surface area contributed by atoms with Gasteiger partial charge in [-0.15, -0.1) is 24.0 Å². The predicted octanol–water partition coefficient (Wildman–Crippen LogP) is 1.55. The first-order valence-electron chi connectivity index (χ1n) is 10.1. The maximum absolute atomic E-state index is 12.0. The molecule has 1 amide bonds. The fourth-order valence-corrected chi connectivity index (χ4v) is 3.09. The molecule has 2 rings (SSSR count). The minimum Gasteiger partial charge on any atom is -0.497 e. The summed E-state index contributed by atoms with van der Waals surface area (Å²) < 4.78 is 10.4. The molecule has 1 aromatic carbocycles. The standard InChI is InChI=1S/C21H35N5O3.HI/c1-25(2)20(27)16-23-21(22-15-17-5-7-19(29-4)8-6-17)24-18-9-11-26(12-10-18)13-14-28-3;/h5-8,18H,9-16H2,1-4H3,(H2,22,23,24);1H. The van der Waals surface area contributed by atoms with Gasteiger partial charge in [0.1, 0.15) is 5.75 Å². The van der Waals surface area contributed by atoms with Gasteiger partial charge in [-0.2, -0.15) is 0 Å². The summed E-state index contributed by atoms with van der Waals surface area (Å²) in [6, 6.07) is 8.19. The molecule has 2 N–H and O–H groups in total. The summed E-state index contributed by atoms with van der Waals surface area (Å²) in [6.45, 7) is 4.54. The minimum atomic E-state index is 0. The van der Waals surface area contributed by atoms with Crippen LogP contribution in [0.5, 0.6) is 5.75 Å². The third-order valence-electron chi connectivity index (χ3n) is 5.02. The Balaban J connectivity index is 0.00000450. The Kier molecular flexibility index (Phi) is 12.7. The number of ether oxygens (including phenoxy) is 2. The van der Waals surface area contributed by atoms with Crippen molar-refractivity contribution in [2.45, 2.75) is 25.4 Å². The fraction of sp³-hybridized carbons (Fsp3) is 0.619. The van der Waals surface area contributed by atoms with E-state index in [9.17, 15) is 4.79 Å². The monoisotopic (exact) mass is 533 g/mol. The van der Waals surface area contributed by atoms with Crippen molar-refractivity contribution in [2.24, 2.45) is 4.99 Å². The lowest BCUT2D eigenvalue weighted by atomic mass is 10.1. The van der Waals surface area contributed by atoms with Gasteiger partial charge < -0.3 is 29.9 Å². The van der Waals surface area contributed by atoms with E-state index in [1.165, 1.54) is 0 Å². The van der Waals surface area contributed by atoms with Crippen LogP contribution < -0.4 is 15.4 Å². The Hall–Kier alpha value is -1.59. The maximum Gasteiger partial charge on any atom is 0.241 e. The number of likely N-dealkylation sites (tertiary alicyclic amines) is 1. The van der Waals surface area contributed by atoms with Gasteiger partial charge in [-0.3, -0.25) is 4.79 Å². The van der Waals surface area contributed by atoms with Crippen molar-refractivity contribution in [2.75, 3.05) is 61.1 Å². The number of benzene rings is 1. The first-order chi connectivity index (χ1) is 14.0. The quantitative estimate of drug-likeness (QED) is 0.285. The number of halogens is 1. The molecule has 0 aromatic heterocycles. The van der Waals surface area contributed by atoms with E-state index in [2.05, 4.69) is 15.5 Å². The first kappa shape index (κ1) is 26.4. The Morgan fingerprint density at radius 1 is 1.20 bits per heavy atom. The van der Waals surface area contributed by atoms with Crippen LogP contribution in [0.25, 0.3) is 0 Å². The third-order valence-corrected chi connectivity index (χ3v) is 5.02. The Bertz CT molecular complexity index is 647. The molecule has 0 aliphatic carbocycles. The van der Waals surface area contributed by atoms with E-state index < -0.39 is 0 Å². The Morgan fingerprint density at radius 3 is 2.43 bits per heavy atom. The topological polar surface area (TPSA) is 78.4 Å². The van der Waals surface area contributed by atoms with Crippen LogP contribution >= 0.6 is 24.0 Å². The number of nitrogens with zero attached hydrogens (tertiary/aromatic N) is 3. The van der Waals surface area contributed by atoms with Crippen molar-refractivity contribution in [3.63, 3.8) is 0 Å². The summed E-state index contributed by atoms with van der Waals surface area (Å²) in [5.41, 5.74) is 1.08. The minimum absolute atomic E-state index is 0. The van der Waals surface area contributed by atoms with E-state index >= 15 is 0 Å². The SMILES string of the molecule is COCCN1CCC(NC(=NCc2ccc(OC)cc2)NCC(=O)N(C)C)CC1.I. The van der Waals surface area contributed by atoms with Crippen LogP contribution in [0.4, 0.5) is 0 Å². The van der Waals surface area contributed by atoms with E-state index in [0.29, 0.717) is 18.5 Å². The van der Waals surface area contributed by atoms with Crippen LogP contribution in [0, 0.1) is 0 Å². The number of hydrogen-bond acceptors (Lipinski definition) is 5. The summed E-state index contributed by atoms with van der Waals surface area (Å²) in [7, 11) is 6.89. The van der Waals surface area contributed by atoms with Gasteiger partial charge >= 0.3 is 0 Å². The number of likely N-dealkylation sites (N-methyl/N-ethyl adjacent to an activating group) is 1. The average molecular weight is 533 g/mol. The van der Waals surface area contributed by atoms with Crippen molar-refractivity contribution in [3.05, 3.63) is 29.8 Å². The van der Waals surface area contributed by atoms with Gasteiger partial charge in [0.2, 0.25) is 5.91 Å². The normalized spacial score (nSPS) is 15.3. The Labute approximate surface area is 197 Å². The van der Waals surface area contributed by atoms with E-state index in [4.69, 9.17) is 14.5 Å². The molecule has 1 aromatic rings. The molecular formula is C21H36IN5O3. The molecular weight excluding hydrogens is 497 g/mol. The molecule has 1 saturated heterocycles. The Morgan fingerprint density at radius 2 is 1.87 bits per heavy atom. The molecule has 170 valence electrons. The van der Waals surface area contributed by atoms with Gasteiger partial charge in [0.15, 0.2) is 5.96 Å². The number of guanidine groups is 1. The highest BCUT2D eigenvalue weighted by Gasteiger charge is 2.20. The second-order valence-corrected chi connectivity index (χ2v) is 7.41. The number of piperidine rings is 1. The molecule has 1 aliphatic heterocycles. The number of aliphatic imine (C=N–C) groups is 1. The predicted molar refractivity (Wildman–Crippen MR) is 131 cm³/mol. The number of carbonyl (C=O) groups excluding carboxylic acids is 1.